The maximum Gasteiger partial charge on any atom is 0.573 e. The number of para-hydroxylation sites is 1. The Morgan fingerprint density at radius 2 is 1.63 bits per heavy atom. The second-order valence-electron chi connectivity index (χ2n) is 6.30. The number of nitrogens with zero attached hydrogens (tertiary/aromatic N) is 1. The summed E-state index contributed by atoms with van der Waals surface area (Å²) in [5.74, 6) is -0.893. The van der Waals surface area contributed by atoms with E-state index in [4.69, 9.17) is 5.73 Å². The first kappa shape index (κ1) is 19.7. The zero-order chi connectivity index (χ0) is 21.5. The molecule has 30 heavy (non-hydrogen) atoms. The van der Waals surface area contributed by atoms with Crippen LogP contribution in [0.4, 0.5) is 18.2 Å². The molecule has 0 atom stereocenters. The lowest BCUT2D eigenvalue weighted by Crippen LogP contribution is -2.17. The first-order valence-electron chi connectivity index (χ1n) is 8.64. The van der Waals surface area contributed by atoms with Crippen LogP contribution in [0.2, 0.25) is 0 Å². The fourth-order valence-corrected chi connectivity index (χ4v) is 4.19. The Morgan fingerprint density at radius 3 is 2.27 bits per heavy atom. The molecular weight excluding hydrogens is 417 g/mol. The van der Waals surface area contributed by atoms with Crippen molar-refractivity contribution in [1.82, 2.24) is 4.57 Å². The Kier molecular flexibility index (Phi) is 4.83. The maximum absolute atomic E-state index is 13.0. The predicted molar refractivity (Wildman–Crippen MR) is 108 cm³/mol. The maximum atomic E-state index is 13.0. The van der Waals surface area contributed by atoms with Crippen LogP contribution in [0.5, 0.6) is 5.75 Å². The molecule has 2 aromatic heterocycles. The fourth-order valence-electron chi connectivity index (χ4n) is 3.11. The third-order valence-corrected chi connectivity index (χ3v) is 5.38. The van der Waals surface area contributed by atoms with Gasteiger partial charge in [-0.3, -0.25) is 14.2 Å². The van der Waals surface area contributed by atoms with Gasteiger partial charge in [0.25, 0.3) is 5.56 Å². The minimum Gasteiger partial charge on any atom is -0.406 e. The summed E-state index contributed by atoms with van der Waals surface area (Å²) in [6.45, 7) is 0. The molecular formula is C21H13F3N2O3S. The quantitative estimate of drug-likeness (QED) is 0.474. The smallest absolute Gasteiger partial charge is 0.406 e. The Labute approximate surface area is 171 Å². The van der Waals surface area contributed by atoms with Crippen molar-refractivity contribution in [2.75, 3.05) is 5.73 Å². The molecule has 0 spiro atoms. The number of ether oxygens (including phenoxy) is 1. The average Bonchev–Trinajstić information content (AvgIpc) is 3.03. The average molecular weight is 430 g/mol. The minimum absolute atomic E-state index is 0.147. The number of thiophene rings is 1. The number of fused-ring (bicyclic) bond motifs is 1. The molecule has 2 aromatic carbocycles. The zero-order valence-electron chi connectivity index (χ0n) is 15.1. The van der Waals surface area contributed by atoms with Crippen molar-refractivity contribution in [2.24, 2.45) is 0 Å². The standard InChI is InChI=1S/C21H13F3N2O3S/c22-21(23,24)29-14-8-6-12(7-9-14)18(28)17-15-10-11-16(27)26(20(15)30-19(17)25)13-4-2-1-3-5-13/h1-11H,25H2. The van der Waals surface area contributed by atoms with Gasteiger partial charge in [-0.25, -0.2) is 0 Å². The van der Waals surface area contributed by atoms with Crippen LogP contribution < -0.4 is 16.0 Å². The van der Waals surface area contributed by atoms with E-state index >= 15 is 0 Å². The molecule has 0 aliphatic heterocycles. The van der Waals surface area contributed by atoms with E-state index in [1.54, 1.807) is 24.3 Å². The van der Waals surface area contributed by atoms with Crippen molar-refractivity contribution in [3.05, 3.63) is 88.2 Å². The van der Waals surface area contributed by atoms with Crippen LogP contribution in [0.3, 0.4) is 0 Å². The van der Waals surface area contributed by atoms with Crippen molar-refractivity contribution >= 4 is 32.3 Å². The van der Waals surface area contributed by atoms with Crippen molar-refractivity contribution in [1.29, 1.82) is 0 Å². The first-order chi connectivity index (χ1) is 14.2. The molecule has 2 heterocycles. The van der Waals surface area contributed by atoms with Gasteiger partial charge in [0, 0.05) is 17.0 Å². The van der Waals surface area contributed by atoms with E-state index in [1.165, 1.54) is 28.8 Å². The molecule has 4 aromatic rings. The second-order valence-corrected chi connectivity index (χ2v) is 7.33. The number of carbonyl (C=O) groups is 1. The summed E-state index contributed by atoms with van der Waals surface area (Å²) in [5.41, 5.74) is 6.81. The zero-order valence-corrected chi connectivity index (χ0v) is 16.0. The highest BCUT2D eigenvalue weighted by atomic mass is 32.1. The number of alkyl halides is 3. The van der Waals surface area contributed by atoms with Crippen molar-refractivity contribution in [3.8, 4) is 11.4 Å². The summed E-state index contributed by atoms with van der Waals surface area (Å²) in [6.07, 6.45) is -4.82. The number of benzene rings is 2. The van der Waals surface area contributed by atoms with E-state index in [-0.39, 0.29) is 21.7 Å². The number of carbonyl (C=O) groups excluding carboxylic acids is 1. The van der Waals surface area contributed by atoms with E-state index in [0.29, 0.717) is 15.9 Å². The Bertz CT molecular complexity index is 1290. The highest BCUT2D eigenvalue weighted by Gasteiger charge is 2.31. The van der Waals surface area contributed by atoms with E-state index in [0.717, 1.165) is 23.5 Å². The van der Waals surface area contributed by atoms with Gasteiger partial charge in [0.2, 0.25) is 0 Å². The molecule has 0 aliphatic carbocycles. The molecule has 0 aliphatic rings. The summed E-state index contributed by atoms with van der Waals surface area (Å²) in [7, 11) is 0. The number of hydrogen-bond donors (Lipinski definition) is 1. The molecule has 2 N–H and O–H groups in total. The third kappa shape index (κ3) is 3.67. The second kappa shape index (κ2) is 7.34. The summed E-state index contributed by atoms with van der Waals surface area (Å²) >= 11 is 1.09. The summed E-state index contributed by atoms with van der Waals surface area (Å²) in [5, 5.41) is 0.697. The number of hydrogen-bond acceptors (Lipinski definition) is 5. The SMILES string of the molecule is Nc1sc2c(ccc(=O)n2-c2ccccc2)c1C(=O)c1ccc(OC(F)(F)F)cc1. The van der Waals surface area contributed by atoms with Gasteiger partial charge in [-0.15, -0.1) is 13.2 Å². The van der Waals surface area contributed by atoms with Gasteiger partial charge in [0.05, 0.1) is 16.3 Å². The number of anilines is 1. The number of nitrogen functional groups attached to an aromatic ring is 1. The molecule has 4 rings (SSSR count). The molecule has 0 bridgehead atoms. The highest BCUT2D eigenvalue weighted by molar-refractivity contribution is 7.22. The van der Waals surface area contributed by atoms with Gasteiger partial charge in [-0.1, -0.05) is 29.5 Å². The molecule has 152 valence electrons. The molecule has 0 radical (unpaired) electrons. The lowest BCUT2D eigenvalue weighted by atomic mass is 10.0. The summed E-state index contributed by atoms with van der Waals surface area (Å²) < 4.78 is 42.3. The van der Waals surface area contributed by atoms with Crippen LogP contribution in [0.25, 0.3) is 15.9 Å². The highest BCUT2D eigenvalue weighted by Crippen LogP contribution is 2.35. The number of ketones is 1. The van der Waals surface area contributed by atoms with Gasteiger partial charge in [-0.2, -0.15) is 0 Å². The van der Waals surface area contributed by atoms with Gasteiger partial charge in [-0.05, 0) is 42.5 Å². The van der Waals surface area contributed by atoms with Crippen molar-refractivity contribution < 1.29 is 22.7 Å². The number of rotatable bonds is 4. The summed E-state index contributed by atoms with van der Waals surface area (Å²) in [4.78, 5) is 26.0. The molecule has 0 unspecified atom stereocenters. The molecule has 0 amide bonds. The molecule has 5 nitrogen and oxygen atoms in total. The van der Waals surface area contributed by atoms with Crippen LogP contribution in [0, 0.1) is 0 Å². The van der Waals surface area contributed by atoms with Gasteiger partial charge < -0.3 is 10.5 Å². The first-order valence-corrected chi connectivity index (χ1v) is 9.46. The molecule has 0 fully saturated rings. The number of aromatic nitrogens is 1. The van der Waals surface area contributed by atoms with Gasteiger partial charge in [0.15, 0.2) is 5.78 Å². The van der Waals surface area contributed by atoms with Crippen molar-refractivity contribution in [3.63, 3.8) is 0 Å². The fraction of sp³-hybridized carbons (Fsp3) is 0.0476. The minimum atomic E-state index is -4.82. The molecule has 0 saturated carbocycles. The lowest BCUT2D eigenvalue weighted by molar-refractivity contribution is -0.274. The third-order valence-electron chi connectivity index (χ3n) is 4.36. The lowest BCUT2D eigenvalue weighted by Gasteiger charge is -2.09. The van der Waals surface area contributed by atoms with E-state index in [1.807, 2.05) is 6.07 Å². The van der Waals surface area contributed by atoms with Gasteiger partial charge in [0.1, 0.15) is 10.6 Å². The topological polar surface area (TPSA) is 74.3 Å². The van der Waals surface area contributed by atoms with E-state index in [2.05, 4.69) is 4.74 Å². The van der Waals surface area contributed by atoms with Crippen LogP contribution in [-0.2, 0) is 0 Å². The van der Waals surface area contributed by atoms with E-state index < -0.39 is 17.9 Å². The van der Waals surface area contributed by atoms with Crippen LogP contribution >= 0.6 is 11.3 Å². The summed E-state index contributed by atoms with van der Waals surface area (Å²) in [6, 6.07) is 16.4. The van der Waals surface area contributed by atoms with E-state index in [9.17, 15) is 22.8 Å². The van der Waals surface area contributed by atoms with Gasteiger partial charge >= 0.3 is 6.36 Å². The molecule has 0 saturated heterocycles. The normalized spacial score (nSPS) is 11.6. The predicted octanol–water partition coefficient (Wildman–Crippen LogP) is 4.76. The molecule has 9 heteroatoms. The number of pyridine rings is 1. The Hall–Kier alpha value is -3.59. The Balaban J connectivity index is 1.79. The van der Waals surface area contributed by atoms with Crippen LogP contribution in [-0.4, -0.2) is 16.7 Å². The Morgan fingerprint density at radius 1 is 0.967 bits per heavy atom. The van der Waals surface area contributed by atoms with Crippen LogP contribution in [0.15, 0.2) is 71.5 Å². The van der Waals surface area contributed by atoms with Crippen LogP contribution in [0.1, 0.15) is 15.9 Å². The number of nitrogens with two attached hydrogens (primary N) is 1. The largest absolute Gasteiger partial charge is 0.573 e. The monoisotopic (exact) mass is 430 g/mol. The van der Waals surface area contributed by atoms with Crippen molar-refractivity contribution in [2.45, 2.75) is 6.36 Å². The number of halogens is 3.